The van der Waals surface area contributed by atoms with Gasteiger partial charge in [-0.05, 0) is 44.4 Å². The molecular weight excluding hydrogens is 276 g/mol. The van der Waals surface area contributed by atoms with Gasteiger partial charge in [0.2, 0.25) is 0 Å². The third-order valence-electron chi connectivity index (χ3n) is 4.29. The van der Waals surface area contributed by atoms with Crippen LogP contribution in [-0.4, -0.2) is 14.9 Å². The van der Waals surface area contributed by atoms with Crippen LogP contribution in [0.4, 0.5) is 0 Å². The van der Waals surface area contributed by atoms with Crippen molar-refractivity contribution < 1.29 is 9.84 Å². The topological polar surface area (TPSA) is 47.3 Å². The predicted octanol–water partition coefficient (Wildman–Crippen LogP) is 4.15. The Labute approximate surface area is 131 Å². The molecule has 0 radical (unpaired) electrons. The van der Waals surface area contributed by atoms with E-state index in [1.54, 1.807) is 4.68 Å². The van der Waals surface area contributed by atoms with E-state index >= 15 is 0 Å². The molecule has 118 valence electrons. The SMILES string of the molecule is CCCCCc1cc(O)c2c(c1)OC(C)(C)c1cn(C)nc1-2. The summed E-state index contributed by atoms with van der Waals surface area (Å²) in [5.74, 6) is 1.00. The van der Waals surface area contributed by atoms with Crippen LogP contribution in [0.25, 0.3) is 11.3 Å². The van der Waals surface area contributed by atoms with E-state index in [-0.39, 0.29) is 5.75 Å². The van der Waals surface area contributed by atoms with Crippen LogP contribution in [0.2, 0.25) is 0 Å². The fourth-order valence-electron chi connectivity index (χ4n) is 3.14. The number of ether oxygens (including phenoxy) is 1. The number of aromatic nitrogens is 2. The van der Waals surface area contributed by atoms with Crippen LogP contribution in [0, 0.1) is 0 Å². The summed E-state index contributed by atoms with van der Waals surface area (Å²) in [4.78, 5) is 0. The van der Waals surface area contributed by atoms with Crippen molar-refractivity contribution in [3.8, 4) is 22.8 Å². The third-order valence-corrected chi connectivity index (χ3v) is 4.29. The molecule has 0 atom stereocenters. The van der Waals surface area contributed by atoms with Crippen molar-refractivity contribution in [1.82, 2.24) is 9.78 Å². The van der Waals surface area contributed by atoms with Crippen LogP contribution >= 0.6 is 0 Å². The quantitative estimate of drug-likeness (QED) is 0.863. The molecule has 2 heterocycles. The number of fused-ring (bicyclic) bond motifs is 3. The lowest BCUT2D eigenvalue weighted by molar-refractivity contribution is 0.105. The van der Waals surface area contributed by atoms with E-state index in [1.165, 1.54) is 12.8 Å². The molecule has 1 aliphatic rings. The van der Waals surface area contributed by atoms with Gasteiger partial charge < -0.3 is 9.84 Å². The zero-order valence-corrected chi connectivity index (χ0v) is 13.8. The van der Waals surface area contributed by atoms with Crippen molar-refractivity contribution >= 4 is 0 Å². The molecule has 0 saturated carbocycles. The maximum absolute atomic E-state index is 10.5. The molecule has 1 N–H and O–H groups in total. The first kappa shape index (κ1) is 14.9. The van der Waals surface area contributed by atoms with Gasteiger partial charge in [-0.1, -0.05) is 19.8 Å². The number of aromatic hydroxyl groups is 1. The van der Waals surface area contributed by atoms with Gasteiger partial charge in [0, 0.05) is 18.8 Å². The number of rotatable bonds is 4. The first-order valence-electron chi connectivity index (χ1n) is 8.01. The Balaban J connectivity index is 2.05. The highest BCUT2D eigenvalue weighted by Crippen LogP contribution is 2.48. The van der Waals surface area contributed by atoms with Crippen molar-refractivity contribution in [2.24, 2.45) is 7.05 Å². The first-order valence-corrected chi connectivity index (χ1v) is 8.01. The van der Waals surface area contributed by atoms with Crippen molar-refractivity contribution in [2.45, 2.75) is 52.1 Å². The molecule has 0 bridgehead atoms. The van der Waals surface area contributed by atoms with Crippen molar-refractivity contribution in [3.05, 3.63) is 29.5 Å². The number of phenols is 1. The summed E-state index contributed by atoms with van der Waals surface area (Å²) in [7, 11) is 1.89. The molecule has 1 aliphatic heterocycles. The van der Waals surface area contributed by atoms with E-state index in [1.807, 2.05) is 33.2 Å². The molecule has 0 unspecified atom stereocenters. The van der Waals surface area contributed by atoms with Crippen LogP contribution in [0.3, 0.4) is 0 Å². The summed E-state index contributed by atoms with van der Waals surface area (Å²) in [6.45, 7) is 6.27. The molecule has 4 nitrogen and oxygen atoms in total. The van der Waals surface area contributed by atoms with Gasteiger partial charge in [0.1, 0.15) is 22.8 Å². The summed E-state index contributed by atoms with van der Waals surface area (Å²) < 4.78 is 7.95. The monoisotopic (exact) mass is 300 g/mol. The Morgan fingerprint density at radius 1 is 1.27 bits per heavy atom. The Kier molecular flexibility index (Phi) is 3.63. The summed E-state index contributed by atoms with van der Waals surface area (Å²) in [6, 6.07) is 3.92. The standard InChI is InChI=1S/C18H24N2O2/c1-5-6-7-8-12-9-14(21)16-15(10-12)22-18(2,3)13-11-20(4)19-17(13)16/h9-11,21H,5-8H2,1-4H3. The second-order valence-electron chi connectivity index (χ2n) is 6.62. The number of phenolic OH excluding ortho intramolecular Hbond substituents is 1. The summed E-state index contributed by atoms with van der Waals surface area (Å²) in [5.41, 5.74) is 3.24. The Morgan fingerprint density at radius 3 is 2.77 bits per heavy atom. The lowest BCUT2D eigenvalue weighted by atomic mass is 9.90. The molecule has 0 fully saturated rings. The second kappa shape index (κ2) is 5.34. The van der Waals surface area contributed by atoms with E-state index < -0.39 is 5.60 Å². The van der Waals surface area contributed by atoms with E-state index in [4.69, 9.17) is 4.74 Å². The van der Waals surface area contributed by atoms with Crippen molar-refractivity contribution in [1.29, 1.82) is 0 Å². The normalized spacial score (nSPS) is 15.1. The van der Waals surface area contributed by atoms with Gasteiger partial charge in [0.05, 0.1) is 5.56 Å². The highest BCUT2D eigenvalue weighted by atomic mass is 16.5. The Hall–Kier alpha value is -1.97. The zero-order chi connectivity index (χ0) is 15.9. The molecule has 0 aliphatic carbocycles. The summed E-state index contributed by atoms with van der Waals surface area (Å²) in [6.07, 6.45) is 6.46. The van der Waals surface area contributed by atoms with Gasteiger partial charge in [-0.25, -0.2) is 0 Å². The largest absolute Gasteiger partial charge is 0.507 e. The van der Waals surface area contributed by atoms with Crippen LogP contribution in [0.1, 0.15) is 51.2 Å². The number of hydrogen-bond acceptors (Lipinski definition) is 3. The number of benzene rings is 1. The molecule has 3 rings (SSSR count). The first-order chi connectivity index (χ1) is 10.4. The summed E-state index contributed by atoms with van der Waals surface area (Å²) in [5, 5.41) is 15.0. The van der Waals surface area contributed by atoms with Gasteiger partial charge in [-0.3, -0.25) is 4.68 Å². The Morgan fingerprint density at radius 2 is 2.05 bits per heavy atom. The smallest absolute Gasteiger partial charge is 0.134 e. The van der Waals surface area contributed by atoms with Crippen LogP contribution in [0.15, 0.2) is 18.3 Å². The highest BCUT2D eigenvalue weighted by molar-refractivity contribution is 5.79. The average molecular weight is 300 g/mol. The van der Waals surface area contributed by atoms with E-state index in [0.717, 1.165) is 35.4 Å². The molecule has 0 saturated heterocycles. The molecular formula is C18H24N2O2. The number of hydrogen-bond donors (Lipinski definition) is 1. The second-order valence-corrected chi connectivity index (χ2v) is 6.62. The van der Waals surface area contributed by atoms with Crippen LogP contribution in [0.5, 0.6) is 11.5 Å². The maximum atomic E-state index is 10.5. The molecule has 0 amide bonds. The number of unbranched alkanes of at least 4 members (excludes halogenated alkanes) is 2. The minimum Gasteiger partial charge on any atom is -0.507 e. The number of aryl methyl sites for hydroxylation is 2. The van der Waals surface area contributed by atoms with Crippen LogP contribution in [-0.2, 0) is 19.1 Å². The number of nitrogens with zero attached hydrogens (tertiary/aromatic N) is 2. The van der Waals surface area contributed by atoms with Crippen LogP contribution < -0.4 is 4.74 Å². The molecule has 0 spiro atoms. The fraction of sp³-hybridized carbons (Fsp3) is 0.500. The van der Waals surface area contributed by atoms with E-state index in [0.29, 0.717) is 5.56 Å². The van der Waals surface area contributed by atoms with E-state index in [9.17, 15) is 5.11 Å². The van der Waals surface area contributed by atoms with Gasteiger partial charge >= 0.3 is 0 Å². The van der Waals surface area contributed by atoms with Gasteiger partial charge in [-0.15, -0.1) is 0 Å². The molecule has 1 aromatic heterocycles. The van der Waals surface area contributed by atoms with Gasteiger partial charge in [-0.2, -0.15) is 5.10 Å². The van der Waals surface area contributed by atoms with Gasteiger partial charge in [0.25, 0.3) is 0 Å². The van der Waals surface area contributed by atoms with Crippen molar-refractivity contribution in [3.63, 3.8) is 0 Å². The maximum Gasteiger partial charge on any atom is 0.134 e. The zero-order valence-electron chi connectivity index (χ0n) is 13.8. The minimum absolute atomic E-state index is 0.263. The lowest BCUT2D eigenvalue weighted by Crippen LogP contribution is -2.28. The minimum atomic E-state index is -0.439. The average Bonchev–Trinajstić information content (AvgIpc) is 2.80. The predicted molar refractivity (Wildman–Crippen MR) is 87.2 cm³/mol. The van der Waals surface area contributed by atoms with Gasteiger partial charge in [0.15, 0.2) is 0 Å². The Bertz CT molecular complexity index is 701. The molecule has 1 aromatic carbocycles. The van der Waals surface area contributed by atoms with Crippen molar-refractivity contribution in [2.75, 3.05) is 0 Å². The highest BCUT2D eigenvalue weighted by Gasteiger charge is 2.36. The molecule has 22 heavy (non-hydrogen) atoms. The lowest BCUT2D eigenvalue weighted by Gasteiger charge is -2.32. The fourth-order valence-corrected chi connectivity index (χ4v) is 3.14. The third kappa shape index (κ3) is 2.47. The van der Waals surface area contributed by atoms with E-state index in [2.05, 4.69) is 18.1 Å². The summed E-state index contributed by atoms with van der Waals surface area (Å²) >= 11 is 0. The molecule has 4 heteroatoms. The molecule has 2 aromatic rings.